The number of fused-ring (bicyclic) bond motifs is 1. The minimum absolute atomic E-state index is 0.0682. The molecule has 0 radical (unpaired) electrons. The fraction of sp³-hybridized carbons (Fsp3) is 0.591. The third kappa shape index (κ3) is 7.65. The standard InChI is InChI=1S/C44H60N4O10/c1-21(2)20-48-17-15-44(16-18-48)46-32-29-30-38(52)27(8)40-31(29)41(54)43(9,58-40)57-19-14-28(56-10)24(5)36(50)26(7)37(51)25(6)35(49)22(3)12-11-13-23(4)42(55)45-34(39(30)53)33(32)47-44/h11-14,19,21-22,24-26,28,35-37,46,49-53H,15-18,20H2,1-10H3/b12-11+,19-14+,23-13-,45-34?/t22-,24-,25+,26+,28-,35-,36+,37+,43-/m0/s1. The number of benzene rings is 2. The van der Waals surface area contributed by atoms with E-state index in [9.17, 15) is 35.1 Å². The van der Waals surface area contributed by atoms with Crippen LogP contribution in [-0.2, 0) is 14.3 Å². The molecule has 1 fully saturated rings. The van der Waals surface area contributed by atoms with E-state index in [0.717, 1.165) is 19.6 Å². The van der Waals surface area contributed by atoms with Crippen molar-refractivity contribution in [1.29, 1.82) is 0 Å². The number of nitrogens with one attached hydrogen (secondary N) is 1. The normalized spacial score (nSPS) is 33.9. The van der Waals surface area contributed by atoms with Gasteiger partial charge >= 0.3 is 5.79 Å². The van der Waals surface area contributed by atoms with Gasteiger partial charge in [-0.25, -0.2) is 4.99 Å². The summed E-state index contributed by atoms with van der Waals surface area (Å²) in [7, 11) is 1.47. The van der Waals surface area contributed by atoms with Crippen molar-refractivity contribution in [1.82, 2.24) is 4.90 Å². The molecule has 0 aromatic heterocycles. The first-order chi connectivity index (χ1) is 27.3. The fourth-order valence-electron chi connectivity index (χ4n) is 8.85. The van der Waals surface area contributed by atoms with Crippen molar-refractivity contribution in [2.45, 2.75) is 111 Å². The molecule has 14 nitrogen and oxygen atoms in total. The number of allylic oxidation sites excluding steroid dienone is 2. The Hall–Kier alpha value is -4.34. The van der Waals surface area contributed by atoms with Crippen LogP contribution in [0.4, 0.5) is 5.69 Å². The number of anilines is 1. The Morgan fingerprint density at radius 1 is 0.931 bits per heavy atom. The van der Waals surface area contributed by atoms with E-state index < -0.39 is 77.0 Å². The van der Waals surface area contributed by atoms with E-state index in [1.807, 2.05) is 0 Å². The number of hydrogen-bond donors (Lipinski definition) is 6. The van der Waals surface area contributed by atoms with Gasteiger partial charge in [-0.05, 0) is 25.8 Å². The number of piperidine rings is 1. The smallest absolute Gasteiger partial charge is 0.312 e. The molecule has 4 aliphatic heterocycles. The maximum Gasteiger partial charge on any atom is 0.312 e. The van der Waals surface area contributed by atoms with Gasteiger partial charge in [-0.2, -0.15) is 0 Å². The van der Waals surface area contributed by atoms with Gasteiger partial charge in [0.15, 0.2) is 5.75 Å². The summed E-state index contributed by atoms with van der Waals surface area (Å²) in [4.78, 5) is 40.3. The number of Topliss-reactive ketones (excluding diaryl/α,β-unsaturated/α-hetero) is 1. The number of nitrogens with zero attached hydrogens (tertiary/aromatic N) is 3. The summed E-state index contributed by atoms with van der Waals surface area (Å²) in [5.41, 5.74) is -0.0451. The lowest BCUT2D eigenvalue weighted by Gasteiger charge is -2.38. The number of phenolic OH excluding ortho intramolecular Hbond substituents is 2. The quantitative estimate of drug-likeness (QED) is 0.242. The number of rotatable bonds is 3. The molecule has 2 aromatic rings. The molecule has 14 heteroatoms. The van der Waals surface area contributed by atoms with Crippen molar-refractivity contribution in [2.24, 2.45) is 39.6 Å². The van der Waals surface area contributed by atoms with E-state index in [1.54, 1.807) is 65.8 Å². The highest BCUT2D eigenvalue weighted by Gasteiger charge is 2.50. The van der Waals surface area contributed by atoms with Crippen molar-refractivity contribution >= 4 is 28.2 Å². The number of aromatic hydroxyl groups is 2. The number of amides is 1. The number of phenols is 2. The van der Waals surface area contributed by atoms with Gasteiger partial charge < -0.3 is 50.0 Å². The lowest BCUT2D eigenvalue weighted by molar-refractivity contribution is -0.114. The number of hydrogen-bond acceptors (Lipinski definition) is 13. The highest BCUT2D eigenvalue weighted by Crippen LogP contribution is 2.51. The number of ether oxygens (including phenoxy) is 3. The van der Waals surface area contributed by atoms with Crippen LogP contribution in [0, 0.1) is 36.5 Å². The van der Waals surface area contributed by atoms with E-state index in [-0.39, 0.29) is 49.7 Å². The molecule has 0 aliphatic carbocycles. The SMILES string of the molecule is CO[C@H]1/C=C/O[C@@]2(C)Oc3c(C)c(O)c4c(O)c(c5c(c4c3C2=O)NC2(CCN(CC(C)C)CC2)N=5)=NC(=O)/C(C)=C\C=C\[C@H](C)[C@H](O)[C@@H](C)[C@@H](O)[C@H](C)[C@H](O)[C@H]1C. The third-order valence-electron chi connectivity index (χ3n) is 12.7. The number of aliphatic hydroxyl groups is 3. The summed E-state index contributed by atoms with van der Waals surface area (Å²) in [6.07, 6.45) is 5.02. The summed E-state index contributed by atoms with van der Waals surface area (Å²) in [5, 5.41) is 61.5. The predicted molar refractivity (Wildman–Crippen MR) is 218 cm³/mol. The highest BCUT2D eigenvalue weighted by atomic mass is 16.7. The van der Waals surface area contributed by atoms with Crippen LogP contribution in [0.3, 0.4) is 0 Å². The first-order valence-corrected chi connectivity index (χ1v) is 20.3. The van der Waals surface area contributed by atoms with E-state index in [2.05, 4.69) is 29.1 Å². The molecule has 4 aliphatic rings. The molecule has 316 valence electrons. The summed E-state index contributed by atoms with van der Waals surface area (Å²) < 4.78 is 18.0. The Balaban J connectivity index is 1.55. The number of carbonyl (C=O) groups excluding carboxylic acids is 2. The Morgan fingerprint density at radius 3 is 2.21 bits per heavy atom. The maximum atomic E-state index is 14.6. The van der Waals surface area contributed by atoms with Crippen LogP contribution in [0.25, 0.3) is 10.8 Å². The van der Waals surface area contributed by atoms with Crippen LogP contribution in [0.1, 0.15) is 84.2 Å². The highest BCUT2D eigenvalue weighted by molar-refractivity contribution is 6.21. The van der Waals surface area contributed by atoms with Gasteiger partial charge in [0.25, 0.3) is 11.7 Å². The minimum atomic E-state index is -1.92. The molecule has 0 saturated carbocycles. The second kappa shape index (κ2) is 16.4. The van der Waals surface area contributed by atoms with Crippen LogP contribution in [0.2, 0.25) is 0 Å². The molecule has 9 atom stereocenters. The average molecular weight is 805 g/mol. The minimum Gasteiger partial charge on any atom is -0.507 e. The lowest BCUT2D eigenvalue weighted by atomic mass is 9.78. The maximum absolute atomic E-state index is 14.6. The number of likely N-dealkylation sites (tertiary alicyclic amines) is 1. The van der Waals surface area contributed by atoms with E-state index in [0.29, 0.717) is 24.4 Å². The molecule has 6 rings (SSSR count). The Bertz CT molecular complexity index is 2170. The zero-order valence-electron chi connectivity index (χ0n) is 35.2. The molecule has 1 spiro atoms. The zero-order valence-corrected chi connectivity index (χ0v) is 35.2. The molecule has 4 heterocycles. The van der Waals surface area contributed by atoms with E-state index in [4.69, 9.17) is 19.2 Å². The first kappa shape index (κ1) is 43.2. The van der Waals surface area contributed by atoms with Crippen molar-refractivity contribution in [3.05, 3.63) is 58.0 Å². The van der Waals surface area contributed by atoms with Gasteiger partial charge in [0.2, 0.25) is 0 Å². The van der Waals surface area contributed by atoms with Gasteiger partial charge in [0, 0.05) is 86.7 Å². The lowest BCUT2D eigenvalue weighted by Crippen LogP contribution is -2.47. The third-order valence-corrected chi connectivity index (χ3v) is 12.7. The molecule has 6 N–H and O–H groups in total. The van der Waals surface area contributed by atoms with Crippen LogP contribution >= 0.6 is 0 Å². The Labute approximate surface area is 339 Å². The second-order valence-corrected chi connectivity index (χ2v) is 17.4. The van der Waals surface area contributed by atoms with Crippen LogP contribution in [0.15, 0.2) is 46.1 Å². The monoisotopic (exact) mass is 804 g/mol. The second-order valence-electron chi connectivity index (χ2n) is 17.4. The van der Waals surface area contributed by atoms with Gasteiger partial charge in [0.05, 0.1) is 47.3 Å². The molecular formula is C44H60N4O10. The first-order valence-electron chi connectivity index (χ1n) is 20.3. The summed E-state index contributed by atoms with van der Waals surface area (Å²) in [5.74, 6) is -5.83. The number of aliphatic hydroxyl groups excluding tert-OH is 3. The molecule has 0 unspecified atom stereocenters. The summed E-state index contributed by atoms with van der Waals surface area (Å²) in [6.45, 7) is 18.3. The van der Waals surface area contributed by atoms with E-state index in [1.165, 1.54) is 20.3 Å². The number of ketones is 1. The predicted octanol–water partition coefficient (Wildman–Crippen LogP) is 4.18. The molecule has 58 heavy (non-hydrogen) atoms. The van der Waals surface area contributed by atoms with E-state index >= 15 is 0 Å². The van der Waals surface area contributed by atoms with Gasteiger partial charge in [-0.1, -0.05) is 59.8 Å². The molecule has 2 aromatic carbocycles. The van der Waals surface area contributed by atoms with Crippen molar-refractivity contribution in [2.75, 3.05) is 32.1 Å². The topological polar surface area (TPSA) is 203 Å². The number of carbonyl (C=O) groups is 2. The van der Waals surface area contributed by atoms with Gasteiger partial charge in [-0.15, -0.1) is 0 Å². The summed E-state index contributed by atoms with van der Waals surface area (Å²) >= 11 is 0. The van der Waals surface area contributed by atoms with Gasteiger partial charge in [-0.3, -0.25) is 14.6 Å². The Kier molecular flexibility index (Phi) is 12.2. The largest absolute Gasteiger partial charge is 0.507 e. The van der Waals surface area contributed by atoms with Crippen molar-refractivity contribution < 1.29 is 49.3 Å². The van der Waals surface area contributed by atoms with Crippen LogP contribution in [0.5, 0.6) is 17.2 Å². The summed E-state index contributed by atoms with van der Waals surface area (Å²) in [6, 6.07) is 0. The molecule has 1 saturated heterocycles. The Morgan fingerprint density at radius 2 is 1.57 bits per heavy atom. The zero-order chi connectivity index (χ0) is 42.6. The van der Waals surface area contributed by atoms with Crippen molar-refractivity contribution in [3.8, 4) is 17.2 Å². The van der Waals surface area contributed by atoms with Crippen LogP contribution in [-0.4, -0.2) is 105 Å². The molecule has 1 amide bonds. The van der Waals surface area contributed by atoms with Crippen LogP contribution < -0.4 is 20.8 Å². The van der Waals surface area contributed by atoms with Gasteiger partial charge in [0.1, 0.15) is 27.9 Å². The molecular weight excluding hydrogens is 745 g/mol. The number of methoxy groups -OCH3 is 1. The average Bonchev–Trinajstić information content (AvgIpc) is 3.69. The molecule has 4 bridgehead atoms. The van der Waals surface area contributed by atoms with Crippen molar-refractivity contribution in [3.63, 3.8) is 0 Å². The fourth-order valence-corrected chi connectivity index (χ4v) is 8.85.